The highest BCUT2D eigenvalue weighted by Gasteiger charge is 2.19. The summed E-state index contributed by atoms with van der Waals surface area (Å²) in [6.07, 6.45) is 1.17. The van der Waals surface area contributed by atoms with Crippen LogP contribution in [0.15, 0.2) is 60.7 Å². The largest absolute Gasteiger partial charge is 0.466 e. The number of fused-ring (bicyclic) bond motifs is 1. The molecule has 2 heterocycles. The highest BCUT2D eigenvalue weighted by Crippen LogP contribution is 2.29. The Morgan fingerprint density at radius 2 is 1.67 bits per heavy atom. The molecule has 0 fully saturated rings. The summed E-state index contributed by atoms with van der Waals surface area (Å²) in [5.41, 5.74) is 7.48. The summed E-state index contributed by atoms with van der Waals surface area (Å²) in [5, 5.41) is 0. The van der Waals surface area contributed by atoms with Gasteiger partial charge in [-0.25, -0.2) is 9.97 Å². The Balaban J connectivity index is 1.64. The minimum atomic E-state index is -0.176. The molecular weight excluding hydrogens is 410 g/mol. The van der Waals surface area contributed by atoms with Gasteiger partial charge in [0.2, 0.25) is 0 Å². The van der Waals surface area contributed by atoms with Gasteiger partial charge in [0.05, 0.1) is 19.6 Å². The first kappa shape index (κ1) is 22.7. The van der Waals surface area contributed by atoms with Crippen LogP contribution in [0.5, 0.6) is 0 Å². The van der Waals surface area contributed by atoms with Crippen LogP contribution in [0.25, 0.3) is 11.2 Å². The zero-order valence-electron chi connectivity index (χ0n) is 19.8. The van der Waals surface area contributed by atoms with E-state index in [0.29, 0.717) is 19.6 Å². The van der Waals surface area contributed by atoms with Crippen molar-refractivity contribution in [2.75, 3.05) is 6.61 Å². The lowest BCUT2D eigenvalue weighted by atomic mass is 9.88. The Morgan fingerprint density at radius 1 is 0.970 bits per heavy atom. The number of carbonyl (C=O) groups is 1. The van der Waals surface area contributed by atoms with E-state index < -0.39 is 0 Å². The van der Waals surface area contributed by atoms with E-state index in [1.54, 1.807) is 0 Å². The topological polar surface area (TPSA) is 57.0 Å². The van der Waals surface area contributed by atoms with Crippen LogP contribution in [0.1, 0.15) is 60.0 Å². The molecule has 2 aromatic carbocycles. The van der Waals surface area contributed by atoms with Crippen molar-refractivity contribution in [1.82, 2.24) is 14.5 Å². The molecule has 170 valence electrons. The van der Waals surface area contributed by atoms with Gasteiger partial charge in [0, 0.05) is 18.0 Å². The third kappa shape index (κ3) is 4.98. The Labute approximate surface area is 195 Å². The molecule has 1 atom stereocenters. The molecule has 0 spiro atoms. The van der Waals surface area contributed by atoms with Gasteiger partial charge in [-0.3, -0.25) is 4.79 Å². The summed E-state index contributed by atoms with van der Waals surface area (Å²) in [5.74, 6) is 0.830. The molecular formula is C28H31N3O2. The number of rotatable bonds is 8. The van der Waals surface area contributed by atoms with Gasteiger partial charge in [-0.1, -0.05) is 61.5 Å². The molecule has 0 amide bonds. The first-order chi connectivity index (χ1) is 16.0. The molecule has 5 nitrogen and oxygen atoms in total. The molecule has 4 rings (SSSR count). The van der Waals surface area contributed by atoms with Gasteiger partial charge in [-0.2, -0.15) is 0 Å². The van der Waals surface area contributed by atoms with E-state index in [2.05, 4.69) is 60.9 Å². The summed E-state index contributed by atoms with van der Waals surface area (Å²) >= 11 is 0. The van der Waals surface area contributed by atoms with Crippen LogP contribution in [-0.4, -0.2) is 27.1 Å². The molecule has 33 heavy (non-hydrogen) atoms. The fourth-order valence-corrected chi connectivity index (χ4v) is 4.42. The lowest BCUT2D eigenvalue weighted by molar-refractivity contribution is -0.143. The number of aryl methyl sites for hydroxylation is 3. The maximum absolute atomic E-state index is 12.3. The second-order valence-electron chi connectivity index (χ2n) is 8.43. The molecule has 5 heteroatoms. The molecule has 2 aromatic heterocycles. The van der Waals surface area contributed by atoms with Crippen LogP contribution < -0.4 is 0 Å². The molecule has 0 saturated carbocycles. The molecule has 0 bridgehead atoms. The summed E-state index contributed by atoms with van der Waals surface area (Å²) in [7, 11) is 0. The van der Waals surface area contributed by atoms with Crippen LogP contribution in [0.2, 0.25) is 0 Å². The van der Waals surface area contributed by atoms with Gasteiger partial charge in [0.25, 0.3) is 0 Å². The van der Waals surface area contributed by atoms with Crippen molar-refractivity contribution >= 4 is 17.1 Å². The van der Waals surface area contributed by atoms with E-state index >= 15 is 0 Å². The predicted molar refractivity (Wildman–Crippen MR) is 131 cm³/mol. The van der Waals surface area contributed by atoms with Crippen LogP contribution in [0.4, 0.5) is 0 Å². The number of pyridine rings is 1. The normalized spacial score (nSPS) is 12.1. The van der Waals surface area contributed by atoms with Gasteiger partial charge >= 0.3 is 5.97 Å². The smallest absolute Gasteiger partial charge is 0.306 e. The lowest BCUT2D eigenvalue weighted by Gasteiger charge is -2.18. The summed E-state index contributed by atoms with van der Waals surface area (Å²) in [4.78, 5) is 21.9. The van der Waals surface area contributed by atoms with Crippen molar-refractivity contribution in [3.63, 3.8) is 0 Å². The van der Waals surface area contributed by atoms with Crippen molar-refractivity contribution < 1.29 is 9.53 Å². The summed E-state index contributed by atoms with van der Waals surface area (Å²) in [6, 6.07) is 20.8. The van der Waals surface area contributed by atoms with Gasteiger partial charge in [0.15, 0.2) is 5.65 Å². The van der Waals surface area contributed by atoms with E-state index in [9.17, 15) is 4.79 Å². The van der Waals surface area contributed by atoms with Crippen molar-refractivity contribution in [1.29, 1.82) is 0 Å². The number of hydrogen-bond donors (Lipinski definition) is 0. The Bertz CT molecular complexity index is 1240. The number of aromatic nitrogens is 3. The monoisotopic (exact) mass is 441 g/mol. The average Bonchev–Trinajstić information content (AvgIpc) is 3.16. The van der Waals surface area contributed by atoms with E-state index in [4.69, 9.17) is 14.7 Å². The number of esters is 1. The van der Waals surface area contributed by atoms with Gasteiger partial charge < -0.3 is 9.30 Å². The zero-order valence-corrected chi connectivity index (χ0v) is 19.8. The van der Waals surface area contributed by atoms with Gasteiger partial charge in [-0.05, 0) is 49.1 Å². The fourth-order valence-electron chi connectivity index (χ4n) is 4.42. The number of carbonyl (C=O) groups excluding carboxylic acids is 1. The van der Waals surface area contributed by atoms with E-state index in [-0.39, 0.29) is 11.9 Å². The lowest BCUT2D eigenvalue weighted by Crippen LogP contribution is -2.12. The maximum atomic E-state index is 12.3. The molecule has 0 N–H and O–H groups in total. The van der Waals surface area contributed by atoms with Gasteiger partial charge in [0.1, 0.15) is 11.3 Å². The number of benzene rings is 2. The van der Waals surface area contributed by atoms with Crippen LogP contribution in [0.3, 0.4) is 0 Å². The second-order valence-corrected chi connectivity index (χ2v) is 8.43. The third-order valence-corrected chi connectivity index (χ3v) is 6.02. The van der Waals surface area contributed by atoms with Crippen molar-refractivity contribution in [2.45, 2.75) is 53.0 Å². The Kier molecular flexibility index (Phi) is 6.87. The zero-order chi connectivity index (χ0) is 23.4. The predicted octanol–water partition coefficient (Wildman–Crippen LogP) is 5.74. The van der Waals surface area contributed by atoms with E-state index in [1.165, 1.54) is 5.56 Å². The van der Waals surface area contributed by atoms with Crippen LogP contribution in [0, 0.1) is 13.8 Å². The molecule has 0 aliphatic rings. The number of imidazole rings is 1. The minimum Gasteiger partial charge on any atom is -0.466 e. The molecule has 4 aromatic rings. The standard InChI is InChI=1S/C28H31N3O2/c1-5-25-30-27-19(3)16-20(4)29-28(27)31(25)18-21-12-14-23(15-13-21)24(17-26(32)33-6-2)22-10-8-7-9-11-22/h7-16,24H,5-6,17-18H2,1-4H3. The number of ether oxygens (including phenoxy) is 1. The van der Waals surface area contributed by atoms with Crippen molar-refractivity contribution in [3.05, 3.63) is 94.4 Å². The van der Waals surface area contributed by atoms with Crippen molar-refractivity contribution in [2.24, 2.45) is 0 Å². The Morgan fingerprint density at radius 3 is 2.33 bits per heavy atom. The highest BCUT2D eigenvalue weighted by molar-refractivity contribution is 5.76. The Hall–Kier alpha value is -3.47. The van der Waals surface area contributed by atoms with Gasteiger partial charge in [-0.15, -0.1) is 0 Å². The molecule has 0 radical (unpaired) electrons. The molecule has 1 unspecified atom stereocenters. The van der Waals surface area contributed by atoms with Crippen LogP contribution >= 0.6 is 0 Å². The summed E-state index contributed by atoms with van der Waals surface area (Å²) in [6.45, 7) is 9.19. The minimum absolute atomic E-state index is 0.0356. The first-order valence-corrected chi connectivity index (χ1v) is 11.6. The first-order valence-electron chi connectivity index (χ1n) is 11.6. The third-order valence-electron chi connectivity index (χ3n) is 6.02. The highest BCUT2D eigenvalue weighted by atomic mass is 16.5. The second kappa shape index (κ2) is 9.99. The van der Waals surface area contributed by atoms with Crippen molar-refractivity contribution in [3.8, 4) is 0 Å². The SMILES string of the molecule is CCOC(=O)CC(c1ccccc1)c1ccc(Cn2c(CC)nc3c(C)cc(C)nc32)cc1. The molecule has 0 aliphatic heterocycles. The average molecular weight is 442 g/mol. The molecule has 0 saturated heterocycles. The number of nitrogens with zero attached hydrogens (tertiary/aromatic N) is 3. The van der Waals surface area contributed by atoms with Crippen LogP contribution in [-0.2, 0) is 22.5 Å². The number of hydrogen-bond acceptors (Lipinski definition) is 4. The summed E-state index contributed by atoms with van der Waals surface area (Å²) < 4.78 is 7.46. The molecule has 0 aliphatic carbocycles. The van der Waals surface area contributed by atoms with E-state index in [0.717, 1.165) is 45.8 Å². The fraction of sp³-hybridized carbons (Fsp3) is 0.321. The maximum Gasteiger partial charge on any atom is 0.306 e. The van der Waals surface area contributed by atoms with E-state index in [1.807, 2.05) is 32.0 Å². The quantitative estimate of drug-likeness (QED) is 0.327.